The van der Waals surface area contributed by atoms with E-state index in [9.17, 15) is 15.3 Å². The van der Waals surface area contributed by atoms with Crippen molar-refractivity contribution in [3.8, 4) is 0 Å². The Morgan fingerprint density at radius 1 is 0.400 bits per heavy atom. The van der Waals surface area contributed by atoms with Crippen molar-refractivity contribution < 1.29 is 48.5 Å². The Kier molecular flexibility index (Phi) is 13.2. The van der Waals surface area contributed by atoms with Crippen molar-refractivity contribution in [2.45, 2.75) is 182 Å². The zero-order valence-corrected chi connectivity index (χ0v) is 29.6. The van der Waals surface area contributed by atoms with E-state index in [4.69, 9.17) is 33.2 Å². The molecule has 0 spiro atoms. The van der Waals surface area contributed by atoms with Gasteiger partial charge in [0.15, 0.2) is 25.2 Å². The van der Waals surface area contributed by atoms with Crippen LogP contribution in [-0.2, 0) is 33.2 Å². The summed E-state index contributed by atoms with van der Waals surface area (Å²) in [4.78, 5) is 0. The van der Waals surface area contributed by atoms with E-state index in [0.29, 0.717) is 31.1 Å². The van der Waals surface area contributed by atoms with Crippen LogP contribution < -0.4 is 0 Å². The Morgan fingerprint density at radius 3 is 1.29 bits per heavy atom. The lowest BCUT2D eigenvalue weighted by atomic mass is 9.78. The van der Waals surface area contributed by atoms with E-state index in [2.05, 4.69) is 55.4 Å². The van der Waals surface area contributed by atoms with E-state index in [1.807, 2.05) is 20.8 Å². The summed E-state index contributed by atoms with van der Waals surface area (Å²) in [6.07, 6.45) is -3.71. The maximum Gasteiger partial charge on any atom is 0.184 e. The third kappa shape index (κ3) is 7.61. The third-order valence-corrected chi connectivity index (χ3v) is 12.0. The van der Waals surface area contributed by atoms with Gasteiger partial charge in [0, 0.05) is 23.7 Å². The largest absolute Gasteiger partial charge is 0.387 e. The molecule has 4 heterocycles. The molecular weight excluding hydrogens is 580 g/mol. The summed E-state index contributed by atoms with van der Waals surface area (Å²) in [5.74, 6) is 0.563. The molecule has 4 fully saturated rings. The molecule has 4 rings (SSSR count). The fraction of sp³-hybridized carbons (Fsp3) is 1.00. The van der Waals surface area contributed by atoms with E-state index < -0.39 is 37.2 Å². The highest BCUT2D eigenvalue weighted by Gasteiger charge is 2.51. The first-order chi connectivity index (χ1) is 21.3. The molecular formula is C35H64O10. The molecule has 20 atom stereocenters. The van der Waals surface area contributed by atoms with Crippen LogP contribution in [0.25, 0.3) is 0 Å². The average molecular weight is 645 g/mol. The van der Waals surface area contributed by atoms with Gasteiger partial charge in [-0.15, -0.1) is 0 Å². The predicted molar refractivity (Wildman–Crippen MR) is 169 cm³/mol. The predicted octanol–water partition coefficient (Wildman–Crippen LogP) is 4.85. The van der Waals surface area contributed by atoms with Crippen molar-refractivity contribution in [1.82, 2.24) is 0 Å². The standard InChI is InChI=1S/C35H64O10/c1-12-23-17(6)16(5)19(8)33(40-23)44-31-22(11)28(37)35(42-26(31)15-4)45-29-18(7)20(9)34(41-25(29)14-3)43-30-21(10)27(36)32(38)39-24(30)13-2/h16-38H,12-15H2,1-11H3/t16?,17-,18+,19?,20?,21+,22?,23?,24?,25?,26?,27?,28?,29-,30-,31-,32?,33+,34-,35-/m0/s1. The van der Waals surface area contributed by atoms with Crippen molar-refractivity contribution in [1.29, 1.82) is 0 Å². The number of rotatable bonds is 10. The van der Waals surface area contributed by atoms with E-state index in [-0.39, 0.29) is 72.5 Å². The fourth-order valence-corrected chi connectivity index (χ4v) is 7.96. The number of hydrogen-bond donors (Lipinski definition) is 3. The van der Waals surface area contributed by atoms with Gasteiger partial charge in [0.1, 0.15) is 12.2 Å². The quantitative estimate of drug-likeness (QED) is 0.304. The molecule has 45 heavy (non-hydrogen) atoms. The summed E-state index contributed by atoms with van der Waals surface area (Å²) >= 11 is 0. The molecule has 0 amide bonds. The van der Waals surface area contributed by atoms with Gasteiger partial charge in [-0.3, -0.25) is 0 Å². The van der Waals surface area contributed by atoms with Crippen molar-refractivity contribution in [2.24, 2.45) is 41.4 Å². The molecule has 0 radical (unpaired) electrons. The van der Waals surface area contributed by atoms with Crippen LogP contribution in [0.4, 0.5) is 0 Å². The number of aliphatic hydroxyl groups is 3. The first-order valence-corrected chi connectivity index (χ1v) is 17.9. The van der Waals surface area contributed by atoms with Gasteiger partial charge >= 0.3 is 0 Å². The first kappa shape index (κ1) is 37.4. The fourth-order valence-electron chi connectivity index (χ4n) is 7.96. The maximum absolute atomic E-state index is 11.6. The zero-order valence-electron chi connectivity index (χ0n) is 29.6. The molecule has 10 heteroatoms. The Labute approximate surface area is 271 Å². The number of aliphatic hydroxyl groups excluding tert-OH is 3. The smallest absolute Gasteiger partial charge is 0.184 e. The van der Waals surface area contributed by atoms with Crippen LogP contribution >= 0.6 is 0 Å². The van der Waals surface area contributed by atoms with E-state index in [1.165, 1.54) is 0 Å². The van der Waals surface area contributed by atoms with Gasteiger partial charge < -0.3 is 48.5 Å². The molecule has 4 saturated heterocycles. The van der Waals surface area contributed by atoms with Crippen LogP contribution in [0.5, 0.6) is 0 Å². The summed E-state index contributed by atoms with van der Waals surface area (Å²) in [5, 5.41) is 32.2. The average Bonchev–Trinajstić information content (AvgIpc) is 3.03. The van der Waals surface area contributed by atoms with Crippen LogP contribution in [0.3, 0.4) is 0 Å². The van der Waals surface area contributed by atoms with Crippen molar-refractivity contribution in [2.75, 3.05) is 0 Å². The highest BCUT2D eigenvalue weighted by molar-refractivity contribution is 4.94. The molecule has 0 aromatic heterocycles. The van der Waals surface area contributed by atoms with Crippen LogP contribution in [-0.4, -0.2) is 95.4 Å². The van der Waals surface area contributed by atoms with Gasteiger partial charge in [0.25, 0.3) is 0 Å². The molecule has 0 aromatic carbocycles. The Balaban J connectivity index is 1.43. The topological polar surface area (TPSA) is 125 Å². The lowest BCUT2D eigenvalue weighted by Crippen LogP contribution is -2.61. The molecule has 4 aliphatic heterocycles. The minimum Gasteiger partial charge on any atom is -0.387 e. The van der Waals surface area contributed by atoms with Gasteiger partial charge in [0.05, 0.1) is 42.7 Å². The summed E-state index contributed by atoms with van der Waals surface area (Å²) < 4.78 is 45.0. The van der Waals surface area contributed by atoms with Crippen LogP contribution in [0.1, 0.15) is 102 Å². The van der Waals surface area contributed by atoms with Gasteiger partial charge in [-0.05, 0) is 43.4 Å². The van der Waals surface area contributed by atoms with Gasteiger partial charge in [0.2, 0.25) is 0 Å². The van der Waals surface area contributed by atoms with E-state index in [0.717, 1.165) is 6.42 Å². The van der Waals surface area contributed by atoms with Gasteiger partial charge in [-0.1, -0.05) is 76.2 Å². The molecule has 0 bridgehead atoms. The molecule has 4 aliphatic rings. The second-order valence-electron chi connectivity index (χ2n) is 14.6. The van der Waals surface area contributed by atoms with E-state index >= 15 is 0 Å². The first-order valence-electron chi connectivity index (χ1n) is 17.9. The maximum atomic E-state index is 11.6. The lowest BCUT2D eigenvalue weighted by Gasteiger charge is -2.51. The second kappa shape index (κ2) is 15.9. The van der Waals surface area contributed by atoms with Crippen LogP contribution in [0.15, 0.2) is 0 Å². The lowest BCUT2D eigenvalue weighted by molar-refractivity contribution is -0.365. The molecule has 0 saturated carbocycles. The summed E-state index contributed by atoms with van der Waals surface area (Å²) in [6.45, 7) is 23.1. The molecule has 3 N–H and O–H groups in total. The second-order valence-corrected chi connectivity index (χ2v) is 14.6. The molecule has 0 aromatic rings. The van der Waals surface area contributed by atoms with Crippen LogP contribution in [0.2, 0.25) is 0 Å². The summed E-state index contributed by atoms with van der Waals surface area (Å²) in [6, 6.07) is 0. The number of ether oxygens (including phenoxy) is 7. The summed E-state index contributed by atoms with van der Waals surface area (Å²) in [5.41, 5.74) is 0. The molecule has 0 aliphatic carbocycles. The van der Waals surface area contributed by atoms with Crippen LogP contribution in [0, 0.1) is 41.4 Å². The highest BCUT2D eigenvalue weighted by atomic mass is 16.7. The van der Waals surface area contributed by atoms with Crippen molar-refractivity contribution in [3.05, 3.63) is 0 Å². The van der Waals surface area contributed by atoms with E-state index in [1.54, 1.807) is 0 Å². The minimum absolute atomic E-state index is 0.0233. The molecule has 10 nitrogen and oxygen atoms in total. The normalized spacial score (nSPS) is 52.9. The van der Waals surface area contributed by atoms with Crippen molar-refractivity contribution in [3.63, 3.8) is 0 Å². The minimum atomic E-state index is -1.23. The summed E-state index contributed by atoms with van der Waals surface area (Å²) in [7, 11) is 0. The zero-order chi connectivity index (χ0) is 33.3. The molecule has 11 unspecified atom stereocenters. The Bertz CT molecular complexity index is 900. The third-order valence-electron chi connectivity index (χ3n) is 12.0. The Hall–Kier alpha value is -0.400. The van der Waals surface area contributed by atoms with Crippen molar-refractivity contribution >= 4 is 0 Å². The Morgan fingerprint density at radius 2 is 0.778 bits per heavy atom. The number of hydrogen-bond acceptors (Lipinski definition) is 10. The van der Waals surface area contributed by atoms with Gasteiger partial charge in [-0.2, -0.15) is 0 Å². The SMILES string of the molecule is CCC1O[C@H](O[C@@H]2C(CC)O[C@@H](O[C@@H]3C(CC)O[C@@H](O[C@@H]4C(CC)OC(O)C(O)[C@H]4C)C(C)[C@H]3C)C(O)C2C)C(C)C(C)[C@@H]1C. The highest BCUT2D eigenvalue weighted by Crippen LogP contribution is 2.42. The van der Waals surface area contributed by atoms with Gasteiger partial charge in [-0.25, -0.2) is 0 Å². The monoisotopic (exact) mass is 644 g/mol. The molecule has 264 valence electrons.